The maximum Gasteiger partial charge on any atom is 0.499 e. The standard InChI is InChI=1S/C33H46F5NO7S/c1-5-22-26-16-19(40)12-14-31(26,4)25-13-15-30(3)23(10-11-24(30)27(25)28(22)41)18(2)17-45-29(42)39-47(43,44)21-8-6-20(7-9-21)46-33(37,38)32(34,35)36/h6-9,18-19,22-28,40-41H,5,10-17H2,1-4H3,(H,39,42)/t18-,19-,22-,23-,24+,25+,26?,27?,28?,30-,31-/m1/s1. The topological polar surface area (TPSA) is 122 Å². The van der Waals surface area contributed by atoms with E-state index in [1.54, 1.807) is 4.72 Å². The van der Waals surface area contributed by atoms with Crippen LogP contribution < -0.4 is 9.46 Å². The highest BCUT2D eigenvalue weighted by Gasteiger charge is 2.65. The Morgan fingerprint density at radius 2 is 1.60 bits per heavy atom. The number of amides is 1. The van der Waals surface area contributed by atoms with Crippen molar-refractivity contribution in [2.24, 2.45) is 52.3 Å². The maximum atomic E-state index is 13.2. The minimum atomic E-state index is -5.96. The quantitative estimate of drug-likeness (QED) is 0.253. The zero-order valence-corrected chi connectivity index (χ0v) is 27.9. The third-order valence-corrected chi connectivity index (χ3v) is 13.9. The average molecular weight is 696 g/mol. The Hall–Kier alpha value is -2.19. The van der Waals surface area contributed by atoms with Gasteiger partial charge >= 0.3 is 18.4 Å². The van der Waals surface area contributed by atoms with E-state index in [1.165, 1.54) is 0 Å². The van der Waals surface area contributed by atoms with Crippen molar-refractivity contribution in [3.8, 4) is 5.75 Å². The van der Waals surface area contributed by atoms with Crippen molar-refractivity contribution in [1.82, 2.24) is 4.72 Å². The molecule has 1 aromatic rings. The van der Waals surface area contributed by atoms with E-state index in [-0.39, 0.29) is 47.2 Å². The molecule has 4 aliphatic rings. The van der Waals surface area contributed by atoms with E-state index >= 15 is 0 Å². The fourth-order valence-electron chi connectivity index (χ4n) is 10.3. The number of benzene rings is 1. The van der Waals surface area contributed by atoms with Gasteiger partial charge in [-0.1, -0.05) is 34.1 Å². The highest BCUT2D eigenvalue weighted by molar-refractivity contribution is 7.90. The first-order chi connectivity index (χ1) is 21.7. The molecule has 4 saturated carbocycles. The molecule has 0 spiro atoms. The molecule has 14 heteroatoms. The Bertz CT molecular complexity index is 1410. The zero-order chi connectivity index (χ0) is 34.7. The number of sulfonamides is 1. The van der Waals surface area contributed by atoms with Crippen LogP contribution >= 0.6 is 0 Å². The highest BCUT2D eigenvalue weighted by Crippen LogP contribution is 2.69. The number of hydrogen-bond acceptors (Lipinski definition) is 7. The largest absolute Gasteiger partial charge is 0.499 e. The summed E-state index contributed by atoms with van der Waals surface area (Å²) in [6.07, 6.45) is -6.30. The molecule has 4 aliphatic carbocycles. The van der Waals surface area contributed by atoms with Gasteiger partial charge in [0, 0.05) is 0 Å². The minimum absolute atomic E-state index is 0.0560. The van der Waals surface area contributed by atoms with E-state index in [0.717, 1.165) is 63.5 Å². The predicted molar refractivity (Wildman–Crippen MR) is 161 cm³/mol. The minimum Gasteiger partial charge on any atom is -0.449 e. The number of fused-ring (bicyclic) bond motifs is 5. The van der Waals surface area contributed by atoms with Crippen LogP contribution in [0.2, 0.25) is 0 Å². The van der Waals surface area contributed by atoms with Crippen LogP contribution in [0.4, 0.5) is 26.7 Å². The average Bonchev–Trinajstić information content (AvgIpc) is 3.33. The monoisotopic (exact) mass is 695 g/mol. The number of halogens is 5. The smallest absolute Gasteiger partial charge is 0.449 e. The van der Waals surface area contributed by atoms with E-state index < -0.39 is 45.2 Å². The summed E-state index contributed by atoms with van der Waals surface area (Å²) in [7, 11) is -4.53. The summed E-state index contributed by atoms with van der Waals surface area (Å²) in [4.78, 5) is 12.0. The maximum absolute atomic E-state index is 13.2. The molecule has 4 fully saturated rings. The molecule has 8 nitrogen and oxygen atoms in total. The number of carbonyl (C=O) groups is 1. The van der Waals surface area contributed by atoms with Crippen molar-refractivity contribution in [2.75, 3.05) is 6.61 Å². The van der Waals surface area contributed by atoms with E-state index in [4.69, 9.17) is 4.74 Å². The van der Waals surface area contributed by atoms with Crippen molar-refractivity contribution < 1.29 is 54.9 Å². The van der Waals surface area contributed by atoms with E-state index in [1.807, 2.05) is 6.92 Å². The lowest BCUT2D eigenvalue weighted by molar-refractivity contribution is -0.360. The molecule has 3 N–H and O–H groups in total. The first-order valence-corrected chi connectivity index (χ1v) is 18.0. The summed E-state index contributed by atoms with van der Waals surface area (Å²) in [5.74, 6) is 0.383. The first kappa shape index (κ1) is 36.1. The molecular weight excluding hydrogens is 649 g/mol. The summed E-state index contributed by atoms with van der Waals surface area (Å²) in [5.41, 5.74) is -0.0289. The zero-order valence-electron chi connectivity index (χ0n) is 27.1. The number of alkyl halides is 5. The summed E-state index contributed by atoms with van der Waals surface area (Å²) >= 11 is 0. The van der Waals surface area contributed by atoms with Crippen LogP contribution in [-0.2, 0) is 14.8 Å². The van der Waals surface area contributed by atoms with Gasteiger partial charge in [-0.3, -0.25) is 0 Å². The van der Waals surface area contributed by atoms with Gasteiger partial charge in [0.1, 0.15) is 5.75 Å². The molecule has 1 aromatic carbocycles. The summed E-state index contributed by atoms with van der Waals surface area (Å²) < 4.78 is 99.6. The number of aliphatic hydroxyl groups is 2. The van der Waals surface area contributed by atoms with Gasteiger partial charge in [-0.05, 0) is 121 Å². The lowest BCUT2D eigenvalue weighted by Crippen LogP contribution is -2.62. The third kappa shape index (κ3) is 6.47. The Labute approximate surface area is 272 Å². The van der Waals surface area contributed by atoms with Gasteiger partial charge in [0.05, 0.1) is 23.7 Å². The second-order valence-electron chi connectivity index (χ2n) is 14.9. The fourth-order valence-corrected chi connectivity index (χ4v) is 11.2. The van der Waals surface area contributed by atoms with Crippen molar-refractivity contribution >= 4 is 16.1 Å². The number of ether oxygens (including phenoxy) is 2. The summed E-state index contributed by atoms with van der Waals surface area (Å²) in [5, 5.41) is 22.4. The van der Waals surface area contributed by atoms with Crippen molar-refractivity contribution in [1.29, 1.82) is 0 Å². The van der Waals surface area contributed by atoms with Crippen molar-refractivity contribution in [2.45, 2.75) is 108 Å². The molecule has 0 aromatic heterocycles. The molecule has 0 aliphatic heterocycles. The fraction of sp³-hybridized carbons (Fsp3) is 0.788. The van der Waals surface area contributed by atoms with Crippen LogP contribution in [0.5, 0.6) is 5.75 Å². The lowest BCUT2D eigenvalue weighted by atomic mass is 9.41. The Morgan fingerprint density at radius 1 is 0.979 bits per heavy atom. The molecule has 1 amide bonds. The van der Waals surface area contributed by atoms with E-state index in [9.17, 15) is 45.4 Å². The van der Waals surface area contributed by atoms with E-state index in [0.29, 0.717) is 29.9 Å². The van der Waals surface area contributed by atoms with Crippen LogP contribution in [0.25, 0.3) is 0 Å². The summed E-state index contributed by atoms with van der Waals surface area (Å²) in [6.45, 7) is 8.69. The molecule has 0 bridgehead atoms. The van der Waals surface area contributed by atoms with Crippen molar-refractivity contribution in [3.63, 3.8) is 0 Å². The second kappa shape index (κ2) is 12.6. The first-order valence-electron chi connectivity index (χ1n) is 16.5. The molecule has 0 heterocycles. The van der Waals surface area contributed by atoms with Gasteiger partial charge in [-0.15, -0.1) is 0 Å². The highest BCUT2D eigenvalue weighted by atomic mass is 32.2. The second-order valence-corrected chi connectivity index (χ2v) is 16.6. The van der Waals surface area contributed by atoms with Crippen LogP contribution in [0.3, 0.4) is 0 Å². The Kier molecular flexibility index (Phi) is 9.68. The SMILES string of the molecule is CC[C@H]1C(O)C2[C@@H]3CC[C@H]([C@H](C)COC(=O)NS(=O)(=O)c4ccc(OC(F)(F)C(F)(F)F)cc4)[C@@]3(C)CC[C@@H]2[C@@]2(C)CC[C@@H](O)CC12. The van der Waals surface area contributed by atoms with Gasteiger partial charge in [0.15, 0.2) is 0 Å². The Balaban J connectivity index is 1.21. The molecule has 5 rings (SSSR count). The van der Waals surface area contributed by atoms with Gasteiger partial charge in [0.2, 0.25) is 0 Å². The molecule has 0 saturated heterocycles. The van der Waals surface area contributed by atoms with Crippen LogP contribution in [0, 0.1) is 52.3 Å². The molecule has 0 radical (unpaired) electrons. The third-order valence-electron chi connectivity index (χ3n) is 12.6. The van der Waals surface area contributed by atoms with Crippen molar-refractivity contribution in [3.05, 3.63) is 24.3 Å². The lowest BCUT2D eigenvalue weighted by Gasteiger charge is -2.64. The molecule has 11 atom stereocenters. The van der Waals surface area contributed by atoms with Gasteiger partial charge in [-0.25, -0.2) is 17.9 Å². The molecule has 3 unspecified atom stereocenters. The van der Waals surface area contributed by atoms with Crippen LogP contribution in [-0.4, -0.2) is 55.8 Å². The number of nitrogens with one attached hydrogen (secondary N) is 1. The number of rotatable bonds is 8. The van der Waals surface area contributed by atoms with Gasteiger partial charge in [0.25, 0.3) is 10.0 Å². The number of aliphatic hydroxyl groups excluding tert-OH is 2. The van der Waals surface area contributed by atoms with E-state index in [2.05, 4.69) is 25.5 Å². The molecule has 47 heavy (non-hydrogen) atoms. The normalized spacial score (nSPS) is 38.0. The Morgan fingerprint density at radius 3 is 2.21 bits per heavy atom. The molecule has 266 valence electrons. The molecular formula is C33H46F5NO7S. The number of carbonyl (C=O) groups excluding carboxylic acids is 1. The van der Waals surface area contributed by atoms with Gasteiger partial charge < -0.3 is 19.7 Å². The van der Waals surface area contributed by atoms with Crippen LogP contribution in [0.15, 0.2) is 29.2 Å². The summed E-state index contributed by atoms with van der Waals surface area (Å²) in [6, 6.07) is 2.71. The van der Waals surface area contributed by atoms with Gasteiger partial charge in [-0.2, -0.15) is 22.0 Å². The predicted octanol–water partition coefficient (Wildman–Crippen LogP) is 6.90. The van der Waals surface area contributed by atoms with Crippen LogP contribution in [0.1, 0.15) is 79.1 Å². The number of hydrogen-bond donors (Lipinski definition) is 3.